The van der Waals surface area contributed by atoms with Gasteiger partial charge >= 0.3 is 0 Å². The molecule has 0 amide bonds. The highest BCUT2D eigenvalue weighted by Gasteiger charge is 2.69. The molecule has 0 aromatic heterocycles. The summed E-state index contributed by atoms with van der Waals surface area (Å²) in [4.78, 5) is 0. The quantitative estimate of drug-likeness (QED) is 0.394. The summed E-state index contributed by atoms with van der Waals surface area (Å²) < 4.78 is -0.361. The topological polar surface area (TPSA) is 0 Å². The Labute approximate surface area is 110 Å². The van der Waals surface area contributed by atoms with Gasteiger partial charge < -0.3 is 0 Å². The zero-order chi connectivity index (χ0) is 8.21. The summed E-state index contributed by atoms with van der Waals surface area (Å²) in [7, 11) is 0. The molecule has 0 aromatic carbocycles. The molecule has 6 heteroatoms. The van der Waals surface area contributed by atoms with Crippen LogP contribution in [-0.2, 0) is 0 Å². The Morgan fingerprint density at radius 2 is 1.00 bits per heavy atom. The first-order chi connectivity index (χ1) is 4.21. The van der Waals surface area contributed by atoms with Gasteiger partial charge in [-0.15, -0.1) is 0 Å². The molecule has 10 heavy (non-hydrogen) atoms. The molecule has 1 saturated carbocycles. The Bertz CT molecular complexity index is 143. The van der Waals surface area contributed by atoms with Gasteiger partial charge in [-0.2, -0.15) is 0 Å². The summed E-state index contributed by atoms with van der Waals surface area (Å²) >= 11 is 21.2. The molecule has 1 aliphatic carbocycles. The van der Waals surface area contributed by atoms with E-state index in [1.165, 1.54) is 0 Å². The van der Waals surface area contributed by atoms with Crippen molar-refractivity contribution in [2.45, 2.75) is 16.1 Å². The molecular formula is C4H2Br6. The largest absolute Gasteiger partial charge is 0.130 e. The van der Waals surface area contributed by atoms with Crippen LogP contribution in [0.25, 0.3) is 0 Å². The van der Waals surface area contributed by atoms with Gasteiger partial charge in [-0.25, -0.2) is 0 Å². The fraction of sp³-hybridized carbons (Fsp3) is 1.00. The van der Waals surface area contributed by atoms with Gasteiger partial charge in [0.25, 0.3) is 0 Å². The molecule has 0 nitrogen and oxygen atoms in total. The molecule has 0 heterocycles. The van der Waals surface area contributed by atoms with E-state index in [9.17, 15) is 0 Å². The van der Waals surface area contributed by atoms with Crippen molar-refractivity contribution in [2.24, 2.45) is 0 Å². The lowest BCUT2D eigenvalue weighted by Gasteiger charge is -2.55. The predicted molar refractivity (Wildman–Crippen MR) is 66.4 cm³/mol. The van der Waals surface area contributed by atoms with E-state index in [2.05, 4.69) is 95.6 Å². The second kappa shape index (κ2) is 2.94. The monoisotopic (exact) mass is 524 g/mol. The van der Waals surface area contributed by atoms with Gasteiger partial charge in [-0.3, -0.25) is 0 Å². The van der Waals surface area contributed by atoms with E-state index in [1.807, 2.05) is 0 Å². The van der Waals surface area contributed by atoms with Crippen molar-refractivity contribution in [3.63, 3.8) is 0 Å². The van der Waals surface area contributed by atoms with Gasteiger partial charge in [-0.05, 0) is 0 Å². The molecule has 0 saturated heterocycles. The fourth-order valence-electron chi connectivity index (χ4n) is 0.662. The van der Waals surface area contributed by atoms with Crippen LogP contribution < -0.4 is 0 Å². The van der Waals surface area contributed by atoms with E-state index < -0.39 is 0 Å². The second-order valence-electron chi connectivity index (χ2n) is 2.16. The summed E-state index contributed by atoms with van der Waals surface area (Å²) in [5.74, 6) is 0. The van der Waals surface area contributed by atoms with E-state index >= 15 is 0 Å². The summed E-state index contributed by atoms with van der Waals surface area (Å²) in [5, 5.41) is 0. The normalized spacial score (nSPS) is 33.0. The Kier molecular flexibility index (Phi) is 3.22. The first-order valence-electron chi connectivity index (χ1n) is 2.34. The van der Waals surface area contributed by atoms with Gasteiger partial charge in [-0.1, -0.05) is 95.6 Å². The predicted octanol–water partition coefficient (Wildman–Crippen LogP) is 4.85. The van der Waals surface area contributed by atoms with E-state index in [4.69, 9.17) is 0 Å². The molecule has 0 N–H and O–H groups in total. The molecule has 0 bridgehead atoms. The maximum Gasteiger partial charge on any atom is 0.130 e. The van der Waals surface area contributed by atoms with Crippen LogP contribution in [0.2, 0.25) is 0 Å². The second-order valence-corrected chi connectivity index (χ2v) is 13.1. The maximum atomic E-state index is 3.54. The molecule has 1 fully saturated rings. The Morgan fingerprint density at radius 1 is 0.700 bits per heavy atom. The SMILES string of the molecule is BrC1(Br)CC(Br)(Br)C1(Br)Br. The Hall–Kier alpha value is 2.88. The Balaban J connectivity index is 2.85. The summed E-state index contributed by atoms with van der Waals surface area (Å²) in [6, 6.07) is 0. The summed E-state index contributed by atoms with van der Waals surface area (Å²) in [6.07, 6.45) is 0.941. The highest BCUT2D eigenvalue weighted by atomic mass is 79.9. The standard InChI is InChI=1S/C4H2Br6/c5-2(6)1-3(7,8)4(2,9)10/h1H2. The van der Waals surface area contributed by atoms with Gasteiger partial charge in [0.2, 0.25) is 0 Å². The number of hydrogen-bond acceptors (Lipinski definition) is 0. The van der Waals surface area contributed by atoms with Crippen molar-refractivity contribution in [1.29, 1.82) is 0 Å². The van der Waals surface area contributed by atoms with E-state index in [0.717, 1.165) is 6.42 Å². The average Bonchev–Trinajstić information content (AvgIpc) is 1.61. The lowest BCUT2D eigenvalue weighted by molar-refractivity contribution is 0.497. The minimum absolute atomic E-state index is 0.0833. The lowest BCUT2D eigenvalue weighted by Crippen LogP contribution is -2.61. The maximum absolute atomic E-state index is 3.54. The van der Waals surface area contributed by atoms with E-state index in [0.29, 0.717) is 0 Å². The molecule has 0 unspecified atom stereocenters. The van der Waals surface area contributed by atoms with Crippen LogP contribution in [0.3, 0.4) is 0 Å². The molecular weight excluding hydrogens is 527 g/mol. The van der Waals surface area contributed by atoms with Gasteiger partial charge in [0.1, 0.15) is 9.70 Å². The van der Waals surface area contributed by atoms with Crippen LogP contribution in [0.5, 0.6) is 0 Å². The van der Waals surface area contributed by atoms with Crippen molar-refractivity contribution >= 4 is 95.6 Å². The molecule has 0 aromatic rings. The van der Waals surface area contributed by atoms with Crippen LogP contribution in [0, 0.1) is 0 Å². The van der Waals surface area contributed by atoms with Gasteiger partial charge in [0.05, 0.1) is 0 Å². The fourth-order valence-corrected chi connectivity index (χ4v) is 6.83. The van der Waals surface area contributed by atoms with E-state index in [-0.39, 0.29) is 9.70 Å². The van der Waals surface area contributed by atoms with Crippen molar-refractivity contribution in [2.75, 3.05) is 0 Å². The highest BCUT2D eigenvalue weighted by Crippen LogP contribution is 2.72. The number of hydrogen-bond donors (Lipinski definition) is 0. The van der Waals surface area contributed by atoms with Crippen molar-refractivity contribution < 1.29 is 0 Å². The number of rotatable bonds is 0. The van der Waals surface area contributed by atoms with Crippen molar-refractivity contribution in [3.05, 3.63) is 0 Å². The zero-order valence-electron chi connectivity index (χ0n) is 4.47. The van der Waals surface area contributed by atoms with Crippen molar-refractivity contribution in [1.82, 2.24) is 0 Å². The average molecular weight is 529 g/mol. The molecule has 0 atom stereocenters. The minimum Gasteiger partial charge on any atom is -0.0700 e. The number of halogens is 6. The summed E-state index contributed by atoms with van der Waals surface area (Å²) in [6.45, 7) is 0. The highest BCUT2D eigenvalue weighted by molar-refractivity contribution is 9.33. The van der Waals surface area contributed by atoms with Gasteiger partial charge in [0, 0.05) is 6.42 Å². The molecule has 0 radical (unpaired) electrons. The van der Waals surface area contributed by atoms with Crippen LogP contribution in [0.15, 0.2) is 0 Å². The molecule has 1 rings (SSSR count). The molecule has 0 aliphatic heterocycles. The van der Waals surface area contributed by atoms with Crippen LogP contribution in [0.1, 0.15) is 6.42 Å². The van der Waals surface area contributed by atoms with Crippen LogP contribution in [0.4, 0.5) is 0 Å². The third-order valence-electron chi connectivity index (χ3n) is 1.36. The molecule has 1 aliphatic rings. The molecule has 60 valence electrons. The van der Waals surface area contributed by atoms with Crippen LogP contribution >= 0.6 is 95.6 Å². The van der Waals surface area contributed by atoms with E-state index in [1.54, 1.807) is 0 Å². The lowest BCUT2D eigenvalue weighted by atomic mass is 9.99. The van der Waals surface area contributed by atoms with Crippen LogP contribution in [-0.4, -0.2) is 9.70 Å². The third kappa shape index (κ3) is 1.47. The first-order valence-corrected chi connectivity index (χ1v) is 7.10. The first kappa shape index (κ1) is 11.0. The third-order valence-corrected chi connectivity index (χ3v) is 11.8. The molecule has 0 spiro atoms. The summed E-state index contributed by atoms with van der Waals surface area (Å²) in [5.41, 5.74) is 0. The minimum atomic E-state index is -0.194. The van der Waals surface area contributed by atoms with Crippen molar-refractivity contribution in [3.8, 4) is 0 Å². The van der Waals surface area contributed by atoms with Gasteiger partial charge in [0.15, 0.2) is 0 Å². The zero-order valence-corrected chi connectivity index (χ0v) is 14.0. The smallest absolute Gasteiger partial charge is 0.0700 e. The Morgan fingerprint density at radius 3 is 1.00 bits per heavy atom. The number of alkyl halides is 6.